The van der Waals surface area contributed by atoms with E-state index in [1.807, 2.05) is 18.2 Å². The van der Waals surface area contributed by atoms with Crippen molar-refractivity contribution in [2.75, 3.05) is 12.3 Å². The second-order valence-electron chi connectivity index (χ2n) is 7.71. The molecule has 1 amide bonds. The van der Waals surface area contributed by atoms with Crippen LogP contribution in [0, 0.1) is 6.92 Å². The predicted molar refractivity (Wildman–Crippen MR) is 129 cm³/mol. The summed E-state index contributed by atoms with van der Waals surface area (Å²) in [5, 5.41) is 12.8. The van der Waals surface area contributed by atoms with Gasteiger partial charge in [-0.1, -0.05) is 86.0 Å². The van der Waals surface area contributed by atoms with Crippen LogP contribution in [0.1, 0.15) is 51.0 Å². The smallest absolute Gasteiger partial charge is 0.220 e. The van der Waals surface area contributed by atoms with Crippen LogP contribution in [-0.2, 0) is 4.79 Å². The summed E-state index contributed by atoms with van der Waals surface area (Å²) in [7, 11) is 0. The zero-order chi connectivity index (χ0) is 21.9. The summed E-state index contributed by atoms with van der Waals surface area (Å²) in [5.41, 5.74) is 3.29. The SMILES string of the molecule is CCCCCCNC(=O)CCCSc1nnc(-c2ccc(C)cc2)n1-c1ccccc1. The Labute approximate surface area is 189 Å². The van der Waals surface area contributed by atoms with Crippen molar-refractivity contribution in [3.8, 4) is 17.1 Å². The fourth-order valence-corrected chi connectivity index (χ4v) is 4.22. The molecule has 1 N–H and O–H groups in total. The number of rotatable bonds is 12. The first-order valence-electron chi connectivity index (χ1n) is 11.2. The number of hydrogen-bond donors (Lipinski definition) is 1. The predicted octanol–water partition coefficient (Wildman–Crippen LogP) is 5.81. The molecule has 0 atom stereocenters. The molecule has 1 aromatic heterocycles. The van der Waals surface area contributed by atoms with Gasteiger partial charge in [0.1, 0.15) is 0 Å². The third kappa shape index (κ3) is 6.96. The number of carbonyl (C=O) groups is 1. The number of carbonyl (C=O) groups excluding carboxylic acids is 1. The summed E-state index contributed by atoms with van der Waals surface area (Å²) < 4.78 is 2.10. The summed E-state index contributed by atoms with van der Waals surface area (Å²) in [6.45, 7) is 5.06. The van der Waals surface area contributed by atoms with Crippen molar-refractivity contribution in [1.82, 2.24) is 20.1 Å². The van der Waals surface area contributed by atoms with Crippen LogP contribution in [-0.4, -0.2) is 33.0 Å². The molecule has 1 heterocycles. The number of aryl methyl sites for hydroxylation is 1. The Hall–Kier alpha value is -2.60. The molecule has 2 aromatic carbocycles. The van der Waals surface area contributed by atoms with Crippen molar-refractivity contribution >= 4 is 17.7 Å². The van der Waals surface area contributed by atoms with Crippen LogP contribution in [0.2, 0.25) is 0 Å². The van der Waals surface area contributed by atoms with E-state index in [1.165, 1.54) is 24.8 Å². The molecular weight excluding hydrogens is 404 g/mol. The highest BCUT2D eigenvalue weighted by molar-refractivity contribution is 7.99. The third-order valence-electron chi connectivity index (χ3n) is 5.09. The number of thioether (sulfide) groups is 1. The molecule has 0 aliphatic carbocycles. The summed E-state index contributed by atoms with van der Waals surface area (Å²) in [6.07, 6.45) is 6.06. The molecule has 0 bridgehead atoms. The molecule has 0 radical (unpaired) electrons. The van der Waals surface area contributed by atoms with E-state index in [0.29, 0.717) is 6.42 Å². The molecule has 3 aromatic rings. The number of para-hydroxylation sites is 1. The van der Waals surface area contributed by atoms with E-state index in [1.54, 1.807) is 11.8 Å². The van der Waals surface area contributed by atoms with Crippen LogP contribution >= 0.6 is 11.8 Å². The van der Waals surface area contributed by atoms with Gasteiger partial charge in [-0.25, -0.2) is 0 Å². The van der Waals surface area contributed by atoms with Crippen LogP contribution in [0.3, 0.4) is 0 Å². The van der Waals surface area contributed by atoms with Gasteiger partial charge in [-0.3, -0.25) is 9.36 Å². The molecule has 31 heavy (non-hydrogen) atoms. The lowest BCUT2D eigenvalue weighted by molar-refractivity contribution is -0.121. The third-order valence-corrected chi connectivity index (χ3v) is 6.10. The fraction of sp³-hybridized carbons (Fsp3) is 0.400. The minimum Gasteiger partial charge on any atom is -0.356 e. The quantitative estimate of drug-likeness (QED) is 0.287. The number of nitrogens with zero attached hydrogens (tertiary/aromatic N) is 3. The van der Waals surface area contributed by atoms with Crippen molar-refractivity contribution in [3.63, 3.8) is 0 Å². The second kappa shape index (κ2) is 12.3. The Balaban J connectivity index is 1.60. The van der Waals surface area contributed by atoms with Gasteiger partial charge in [0, 0.05) is 30.0 Å². The maximum atomic E-state index is 12.0. The van der Waals surface area contributed by atoms with Gasteiger partial charge >= 0.3 is 0 Å². The summed E-state index contributed by atoms with van der Waals surface area (Å²) >= 11 is 1.65. The first-order valence-corrected chi connectivity index (χ1v) is 12.1. The lowest BCUT2D eigenvalue weighted by Gasteiger charge is -2.10. The Morgan fingerprint density at radius 1 is 0.968 bits per heavy atom. The van der Waals surface area contributed by atoms with E-state index in [-0.39, 0.29) is 5.91 Å². The van der Waals surface area contributed by atoms with Crippen molar-refractivity contribution in [3.05, 3.63) is 60.2 Å². The topological polar surface area (TPSA) is 59.8 Å². The average Bonchev–Trinajstić information content (AvgIpc) is 3.21. The number of aromatic nitrogens is 3. The minimum atomic E-state index is 0.141. The Morgan fingerprint density at radius 2 is 1.74 bits per heavy atom. The van der Waals surface area contributed by atoms with Crippen molar-refractivity contribution in [2.24, 2.45) is 0 Å². The lowest BCUT2D eigenvalue weighted by Crippen LogP contribution is -2.24. The number of nitrogens with one attached hydrogen (secondary N) is 1. The van der Waals surface area contributed by atoms with Crippen LogP contribution in [0.5, 0.6) is 0 Å². The molecule has 6 heteroatoms. The minimum absolute atomic E-state index is 0.141. The highest BCUT2D eigenvalue weighted by Crippen LogP contribution is 2.28. The highest BCUT2D eigenvalue weighted by Gasteiger charge is 2.16. The van der Waals surface area contributed by atoms with Gasteiger partial charge in [0.25, 0.3) is 0 Å². The van der Waals surface area contributed by atoms with Crippen LogP contribution < -0.4 is 5.32 Å². The van der Waals surface area contributed by atoms with Gasteiger partial charge in [0.15, 0.2) is 11.0 Å². The van der Waals surface area contributed by atoms with Crippen molar-refractivity contribution in [2.45, 2.75) is 57.5 Å². The van der Waals surface area contributed by atoms with Gasteiger partial charge < -0.3 is 5.32 Å². The molecule has 0 spiro atoms. The maximum absolute atomic E-state index is 12.0. The normalized spacial score (nSPS) is 10.9. The molecule has 3 rings (SSSR count). The number of benzene rings is 2. The molecule has 0 saturated carbocycles. The van der Waals surface area contributed by atoms with E-state index >= 15 is 0 Å². The van der Waals surface area contributed by atoms with Crippen molar-refractivity contribution < 1.29 is 4.79 Å². The van der Waals surface area contributed by atoms with E-state index in [0.717, 1.165) is 47.4 Å². The van der Waals surface area contributed by atoms with E-state index in [2.05, 4.69) is 70.3 Å². The molecule has 0 saturated heterocycles. The maximum Gasteiger partial charge on any atom is 0.220 e. The van der Waals surface area contributed by atoms with Crippen LogP contribution in [0.4, 0.5) is 0 Å². The number of hydrogen-bond acceptors (Lipinski definition) is 4. The summed E-state index contributed by atoms with van der Waals surface area (Å²) in [5.74, 6) is 1.79. The zero-order valence-corrected chi connectivity index (χ0v) is 19.3. The molecule has 0 unspecified atom stereocenters. The van der Waals surface area contributed by atoms with Gasteiger partial charge in [-0.15, -0.1) is 10.2 Å². The average molecular weight is 437 g/mol. The van der Waals surface area contributed by atoms with Gasteiger partial charge in [-0.2, -0.15) is 0 Å². The fourth-order valence-electron chi connectivity index (χ4n) is 3.33. The summed E-state index contributed by atoms with van der Waals surface area (Å²) in [4.78, 5) is 12.0. The van der Waals surface area contributed by atoms with E-state index in [9.17, 15) is 4.79 Å². The van der Waals surface area contributed by atoms with Crippen LogP contribution in [0.15, 0.2) is 59.8 Å². The first kappa shape index (κ1) is 23.1. The molecule has 0 fully saturated rings. The Kier molecular flexibility index (Phi) is 9.16. The molecule has 5 nitrogen and oxygen atoms in total. The standard InChI is InChI=1S/C25H32N4OS/c1-3-4-5-9-18-26-23(30)13-10-19-31-25-28-27-24(21-16-14-20(2)15-17-21)29(25)22-11-7-6-8-12-22/h6-8,11-12,14-17H,3-5,9-10,13,18-19H2,1-2H3,(H,26,30). The van der Waals surface area contributed by atoms with Gasteiger partial charge in [-0.05, 0) is 31.9 Å². The monoisotopic (exact) mass is 436 g/mol. The van der Waals surface area contributed by atoms with Gasteiger partial charge in [0.2, 0.25) is 5.91 Å². The number of unbranched alkanes of at least 4 members (excludes halogenated alkanes) is 3. The van der Waals surface area contributed by atoms with Crippen LogP contribution in [0.25, 0.3) is 17.1 Å². The molecule has 0 aliphatic rings. The van der Waals surface area contributed by atoms with E-state index in [4.69, 9.17) is 0 Å². The highest BCUT2D eigenvalue weighted by atomic mass is 32.2. The van der Waals surface area contributed by atoms with Crippen molar-refractivity contribution in [1.29, 1.82) is 0 Å². The lowest BCUT2D eigenvalue weighted by atomic mass is 10.1. The molecule has 164 valence electrons. The summed E-state index contributed by atoms with van der Waals surface area (Å²) in [6, 6.07) is 18.5. The Bertz CT molecular complexity index is 938. The largest absolute Gasteiger partial charge is 0.356 e. The molecular formula is C25H32N4OS. The Morgan fingerprint density at radius 3 is 2.48 bits per heavy atom. The second-order valence-corrected chi connectivity index (χ2v) is 8.77. The zero-order valence-electron chi connectivity index (χ0n) is 18.5. The molecule has 0 aliphatic heterocycles. The van der Waals surface area contributed by atoms with Gasteiger partial charge in [0.05, 0.1) is 0 Å². The number of amides is 1. The first-order chi connectivity index (χ1) is 15.2. The van der Waals surface area contributed by atoms with E-state index < -0.39 is 0 Å².